The third kappa shape index (κ3) is 2.26. The number of benzene rings is 1. The lowest BCUT2D eigenvalue weighted by atomic mass is 9.93. The fraction of sp³-hybridized carbons (Fsp3) is 0.400. The number of ketones is 1. The normalized spacial score (nSPS) is 12.9. The zero-order chi connectivity index (χ0) is 12.4. The highest BCUT2D eigenvalue weighted by Gasteiger charge is 2.15. The second-order valence-corrected chi connectivity index (χ2v) is 4.70. The van der Waals surface area contributed by atoms with E-state index in [1.165, 1.54) is 16.5 Å². The van der Waals surface area contributed by atoms with E-state index in [9.17, 15) is 4.79 Å². The van der Waals surface area contributed by atoms with Gasteiger partial charge in [0.15, 0.2) is 0 Å². The number of aryl methyl sites for hydroxylation is 1. The van der Waals surface area contributed by atoms with Gasteiger partial charge in [-0.1, -0.05) is 25.1 Å². The minimum atomic E-state index is 0.154. The van der Waals surface area contributed by atoms with Gasteiger partial charge < -0.3 is 4.57 Å². The van der Waals surface area contributed by atoms with Gasteiger partial charge in [-0.2, -0.15) is 0 Å². The second-order valence-electron chi connectivity index (χ2n) is 4.70. The Labute approximate surface area is 102 Å². The van der Waals surface area contributed by atoms with E-state index in [2.05, 4.69) is 42.9 Å². The van der Waals surface area contributed by atoms with Crippen LogP contribution in [0.2, 0.25) is 0 Å². The highest BCUT2D eigenvalue weighted by Crippen LogP contribution is 2.24. The largest absolute Gasteiger partial charge is 0.350 e. The van der Waals surface area contributed by atoms with Crippen molar-refractivity contribution in [3.8, 4) is 0 Å². The number of para-hydroxylation sites is 1. The Bertz CT molecular complexity index is 539. The molecule has 1 heterocycles. The van der Waals surface area contributed by atoms with Crippen LogP contribution >= 0.6 is 0 Å². The number of nitrogens with zero attached hydrogens (tertiary/aromatic N) is 1. The maximum atomic E-state index is 11.5. The predicted molar refractivity (Wildman–Crippen MR) is 71.1 cm³/mol. The number of carbonyl (C=O) groups is 1. The third-order valence-corrected chi connectivity index (χ3v) is 3.51. The standard InChI is InChI=1S/C15H19NO/c1-4-12(11(2)17)9-13-10-16(3)15-8-6-5-7-14(13)15/h5-8,10,12H,4,9H2,1-3H3/t12-/m0/s1. The van der Waals surface area contributed by atoms with Gasteiger partial charge in [0.05, 0.1) is 0 Å². The molecule has 0 aliphatic rings. The molecule has 1 aromatic heterocycles. The van der Waals surface area contributed by atoms with Gasteiger partial charge >= 0.3 is 0 Å². The summed E-state index contributed by atoms with van der Waals surface area (Å²) in [5, 5.41) is 1.27. The quantitative estimate of drug-likeness (QED) is 0.788. The van der Waals surface area contributed by atoms with Crippen molar-refractivity contribution in [3.05, 3.63) is 36.0 Å². The van der Waals surface area contributed by atoms with Crippen LogP contribution in [0.3, 0.4) is 0 Å². The van der Waals surface area contributed by atoms with Crippen LogP contribution in [0.5, 0.6) is 0 Å². The fourth-order valence-corrected chi connectivity index (χ4v) is 2.43. The number of fused-ring (bicyclic) bond motifs is 1. The molecule has 0 N–H and O–H groups in total. The topological polar surface area (TPSA) is 22.0 Å². The minimum absolute atomic E-state index is 0.154. The Balaban J connectivity index is 2.39. The van der Waals surface area contributed by atoms with Crippen LogP contribution < -0.4 is 0 Å². The Hall–Kier alpha value is -1.57. The first-order chi connectivity index (χ1) is 8.13. The molecule has 0 radical (unpaired) electrons. The van der Waals surface area contributed by atoms with Crippen LogP contribution in [0, 0.1) is 5.92 Å². The van der Waals surface area contributed by atoms with Crippen molar-refractivity contribution in [1.29, 1.82) is 0 Å². The van der Waals surface area contributed by atoms with Crippen molar-refractivity contribution >= 4 is 16.7 Å². The van der Waals surface area contributed by atoms with Gasteiger partial charge in [0.2, 0.25) is 0 Å². The SMILES string of the molecule is CC[C@@H](Cc1cn(C)c2ccccc12)C(C)=O. The summed E-state index contributed by atoms with van der Waals surface area (Å²) < 4.78 is 2.14. The number of rotatable bonds is 4. The molecule has 2 rings (SSSR count). The lowest BCUT2D eigenvalue weighted by molar-refractivity contribution is -0.120. The molecule has 0 amide bonds. The number of carbonyl (C=O) groups excluding carboxylic acids is 1. The molecule has 1 atom stereocenters. The summed E-state index contributed by atoms with van der Waals surface area (Å²) in [6, 6.07) is 8.36. The van der Waals surface area contributed by atoms with Crippen LogP contribution in [0.4, 0.5) is 0 Å². The summed E-state index contributed by atoms with van der Waals surface area (Å²) in [6.45, 7) is 3.77. The summed E-state index contributed by atoms with van der Waals surface area (Å²) in [6.07, 6.45) is 3.92. The van der Waals surface area contributed by atoms with Gasteiger partial charge in [0, 0.05) is 30.1 Å². The van der Waals surface area contributed by atoms with Crippen molar-refractivity contribution < 1.29 is 4.79 Å². The first kappa shape index (κ1) is 11.9. The van der Waals surface area contributed by atoms with Gasteiger partial charge in [-0.15, -0.1) is 0 Å². The zero-order valence-corrected chi connectivity index (χ0v) is 10.7. The van der Waals surface area contributed by atoms with E-state index in [0.717, 1.165) is 12.8 Å². The lowest BCUT2D eigenvalue weighted by Gasteiger charge is -2.09. The Morgan fingerprint density at radius 1 is 1.35 bits per heavy atom. The summed E-state index contributed by atoms with van der Waals surface area (Å²) in [7, 11) is 2.06. The number of aromatic nitrogens is 1. The van der Waals surface area contributed by atoms with Crippen molar-refractivity contribution in [2.75, 3.05) is 0 Å². The Morgan fingerprint density at radius 3 is 2.71 bits per heavy atom. The Kier molecular flexibility index (Phi) is 3.32. The molecule has 2 heteroatoms. The molecule has 1 aromatic carbocycles. The minimum Gasteiger partial charge on any atom is -0.350 e. The summed E-state index contributed by atoms with van der Waals surface area (Å²) in [4.78, 5) is 11.5. The van der Waals surface area contributed by atoms with E-state index in [1.54, 1.807) is 6.92 Å². The lowest BCUT2D eigenvalue weighted by Crippen LogP contribution is -2.12. The maximum absolute atomic E-state index is 11.5. The van der Waals surface area contributed by atoms with Crippen molar-refractivity contribution in [3.63, 3.8) is 0 Å². The van der Waals surface area contributed by atoms with Crippen LogP contribution in [0.15, 0.2) is 30.5 Å². The molecule has 2 nitrogen and oxygen atoms in total. The van der Waals surface area contributed by atoms with Gasteiger partial charge in [-0.05, 0) is 31.4 Å². The van der Waals surface area contributed by atoms with Crippen LogP contribution in [-0.4, -0.2) is 10.4 Å². The molecular weight excluding hydrogens is 210 g/mol. The van der Waals surface area contributed by atoms with E-state index < -0.39 is 0 Å². The summed E-state index contributed by atoms with van der Waals surface area (Å²) in [5.74, 6) is 0.446. The molecule has 0 saturated carbocycles. The molecule has 0 spiro atoms. The molecule has 0 saturated heterocycles. The van der Waals surface area contributed by atoms with E-state index in [1.807, 2.05) is 6.07 Å². The average molecular weight is 229 g/mol. The van der Waals surface area contributed by atoms with Crippen LogP contribution in [-0.2, 0) is 18.3 Å². The van der Waals surface area contributed by atoms with Crippen molar-refractivity contribution in [1.82, 2.24) is 4.57 Å². The van der Waals surface area contributed by atoms with Crippen LogP contribution in [0.1, 0.15) is 25.8 Å². The third-order valence-electron chi connectivity index (χ3n) is 3.51. The summed E-state index contributed by atoms with van der Waals surface area (Å²) >= 11 is 0. The smallest absolute Gasteiger partial charge is 0.133 e. The van der Waals surface area contributed by atoms with E-state index >= 15 is 0 Å². The first-order valence-corrected chi connectivity index (χ1v) is 6.17. The van der Waals surface area contributed by atoms with E-state index in [4.69, 9.17) is 0 Å². The molecule has 0 unspecified atom stereocenters. The predicted octanol–water partition coefficient (Wildman–Crippen LogP) is 3.34. The zero-order valence-electron chi connectivity index (χ0n) is 10.7. The van der Waals surface area contributed by atoms with Crippen molar-refractivity contribution in [2.45, 2.75) is 26.7 Å². The maximum Gasteiger partial charge on any atom is 0.133 e. The van der Waals surface area contributed by atoms with Gasteiger partial charge in [-0.3, -0.25) is 4.79 Å². The van der Waals surface area contributed by atoms with Gasteiger partial charge in [0.25, 0.3) is 0 Å². The Morgan fingerprint density at radius 2 is 2.06 bits per heavy atom. The van der Waals surface area contributed by atoms with Gasteiger partial charge in [0.1, 0.15) is 5.78 Å². The first-order valence-electron chi connectivity index (χ1n) is 6.17. The molecule has 90 valence electrons. The molecule has 0 fully saturated rings. The molecule has 0 aliphatic carbocycles. The van der Waals surface area contributed by atoms with E-state index in [-0.39, 0.29) is 5.92 Å². The monoisotopic (exact) mass is 229 g/mol. The van der Waals surface area contributed by atoms with Crippen molar-refractivity contribution in [2.24, 2.45) is 13.0 Å². The molecule has 2 aromatic rings. The van der Waals surface area contributed by atoms with Gasteiger partial charge in [-0.25, -0.2) is 0 Å². The molecular formula is C15H19NO. The number of hydrogen-bond acceptors (Lipinski definition) is 1. The molecule has 0 bridgehead atoms. The summed E-state index contributed by atoms with van der Waals surface area (Å²) in [5.41, 5.74) is 2.52. The second kappa shape index (κ2) is 4.74. The highest BCUT2D eigenvalue weighted by molar-refractivity contribution is 5.85. The molecule has 0 aliphatic heterocycles. The highest BCUT2D eigenvalue weighted by atomic mass is 16.1. The number of hydrogen-bond donors (Lipinski definition) is 0. The molecule has 17 heavy (non-hydrogen) atoms. The number of Topliss-reactive ketones (excluding diaryl/α,β-unsaturated/α-hetero) is 1. The average Bonchev–Trinajstić information content (AvgIpc) is 2.63. The van der Waals surface area contributed by atoms with Crippen LogP contribution in [0.25, 0.3) is 10.9 Å². The fourth-order valence-electron chi connectivity index (χ4n) is 2.43. The van der Waals surface area contributed by atoms with E-state index in [0.29, 0.717) is 5.78 Å².